The lowest BCUT2D eigenvalue weighted by Crippen LogP contribution is -2.41. The molecule has 152 valence electrons. The van der Waals surface area contributed by atoms with Crippen LogP contribution in [0.3, 0.4) is 0 Å². The summed E-state index contributed by atoms with van der Waals surface area (Å²) in [5, 5.41) is 3.88. The molecule has 2 aromatic rings. The van der Waals surface area contributed by atoms with Crippen LogP contribution in [-0.2, 0) is 20.7 Å². The third-order valence-electron chi connectivity index (χ3n) is 4.54. The molecule has 0 aliphatic carbocycles. The van der Waals surface area contributed by atoms with Gasteiger partial charge in [0.2, 0.25) is 5.91 Å². The second-order valence-electron chi connectivity index (χ2n) is 8.07. The van der Waals surface area contributed by atoms with E-state index in [-0.39, 0.29) is 18.6 Å². The van der Waals surface area contributed by atoms with E-state index in [9.17, 15) is 9.59 Å². The van der Waals surface area contributed by atoms with Crippen LogP contribution in [0.2, 0.25) is 0 Å². The number of benzene rings is 1. The zero-order valence-electron chi connectivity index (χ0n) is 16.7. The van der Waals surface area contributed by atoms with Crippen LogP contribution >= 0.6 is 0 Å². The second kappa shape index (κ2) is 8.65. The predicted molar refractivity (Wildman–Crippen MR) is 105 cm³/mol. The summed E-state index contributed by atoms with van der Waals surface area (Å²) < 4.78 is 16.1. The third-order valence-corrected chi connectivity index (χ3v) is 4.54. The van der Waals surface area contributed by atoms with Gasteiger partial charge in [-0.05, 0) is 57.4 Å². The monoisotopic (exact) mass is 388 g/mol. The Morgan fingerprint density at radius 3 is 2.89 bits per heavy atom. The van der Waals surface area contributed by atoms with Gasteiger partial charge in [-0.2, -0.15) is 0 Å². The molecule has 7 heteroatoms. The van der Waals surface area contributed by atoms with E-state index in [1.807, 2.05) is 39.0 Å². The van der Waals surface area contributed by atoms with Crippen molar-refractivity contribution in [2.24, 2.45) is 0 Å². The molecule has 0 saturated carbocycles. The second-order valence-corrected chi connectivity index (χ2v) is 8.07. The SMILES string of the molecule is CC(C)(C)OC(=O)NC1CCN(C(=O)COCCc2ccc3occc3c2)C1. The fraction of sp³-hybridized carbons (Fsp3) is 0.524. The van der Waals surface area contributed by atoms with Crippen molar-refractivity contribution < 1.29 is 23.5 Å². The van der Waals surface area contributed by atoms with Crippen molar-refractivity contribution in [2.75, 3.05) is 26.3 Å². The van der Waals surface area contributed by atoms with Crippen LogP contribution in [0.25, 0.3) is 11.0 Å². The minimum atomic E-state index is -0.534. The molecule has 1 aromatic heterocycles. The number of amides is 2. The first kappa shape index (κ1) is 20.2. The Kier molecular flexibility index (Phi) is 6.24. The molecule has 2 amide bonds. The van der Waals surface area contributed by atoms with Gasteiger partial charge in [-0.1, -0.05) is 6.07 Å². The number of hydrogen-bond acceptors (Lipinski definition) is 5. The molecule has 1 saturated heterocycles. The fourth-order valence-corrected chi connectivity index (χ4v) is 3.19. The summed E-state index contributed by atoms with van der Waals surface area (Å²) in [5.41, 5.74) is 1.47. The van der Waals surface area contributed by atoms with Crippen LogP contribution in [-0.4, -0.2) is 54.8 Å². The first-order chi connectivity index (χ1) is 13.3. The van der Waals surface area contributed by atoms with Crippen molar-refractivity contribution in [3.63, 3.8) is 0 Å². The molecule has 1 atom stereocenters. The van der Waals surface area contributed by atoms with Gasteiger partial charge in [-0.25, -0.2) is 4.79 Å². The van der Waals surface area contributed by atoms with E-state index in [0.717, 1.165) is 29.4 Å². The van der Waals surface area contributed by atoms with Gasteiger partial charge in [0.05, 0.1) is 18.9 Å². The summed E-state index contributed by atoms with van der Waals surface area (Å²) in [6, 6.07) is 7.86. The lowest BCUT2D eigenvalue weighted by Gasteiger charge is -2.22. The molecular weight excluding hydrogens is 360 g/mol. The number of ether oxygens (including phenoxy) is 2. The molecule has 0 bridgehead atoms. The highest BCUT2D eigenvalue weighted by Crippen LogP contribution is 2.17. The van der Waals surface area contributed by atoms with Gasteiger partial charge < -0.3 is 24.1 Å². The Morgan fingerprint density at radius 2 is 2.11 bits per heavy atom. The van der Waals surface area contributed by atoms with Gasteiger partial charge in [0.25, 0.3) is 0 Å². The number of carbonyl (C=O) groups is 2. The number of nitrogens with one attached hydrogen (secondary N) is 1. The first-order valence-corrected chi connectivity index (χ1v) is 9.61. The van der Waals surface area contributed by atoms with Crippen LogP contribution < -0.4 is 5.32 Å². The van der Waals surface area contributed by atoms with E-state index in [4.69, 9.17) is 13.9 Å². The minimum absolute atomic E-state index is 0.0487. The highest BCUT2D eigenvalue weighted by Gasteiger charge is 2.28. The number of rotatable bonds is 6. The van der Waals surface area contributed by atoms with Gasteiger partial charge >= 0.3 is 6.09 Å². The van der Waals surface area contributed by atoms with Gasteiger partial charge in [0.1, 0.15) is 17.8 Å². The van der Waals surface area contributed by atoms with Crippen LogP contribution in [0.5, 0.6) is 0 Å². The molecule has 3 rings (SSSR count). The Labute approximate surface area is 165 Å². The Morgan fingerprint density at radius 1 is 1.29 bits per heavy atom. The molecule has 0 spiro atoms. The van der Waals surface area contributed by atoms with Crippen molar-refractivity contribution in [1.29, 1.82) is 0 Å². The van der Waals surface area contributed by atoms with E-state index < -0.39 is 11.7 Å². The number of furan rings is 1. The van der Waals surface area contributed by atoms with Crippen LogP contribution in [0, 0.1) is 0 Å². The largest absolute Gasteiger partial charge is 0.464 e. The molecule has 1 N–H and O–H groups in total. The van der Waals surface area contributed by atoms with Crippen molar-refractivity contribution >= 4 is 23.0 Å². The number of fused-ring (bicyclic) bond motifs is 1. The van der Waals surface area contributed by atoms with Crippen molar-refractivity contribution in [2.45, 2.75) is 45.3 Å². The molecule has 28 heavy (non-hydrogen) atoms. The predicted octanol–water partition coefficient (Wildman–Crippen LogP) is 3.12. The molecule has 2 heterocycles. The molecule has 7 nitrogen and oxygen atoms in total. The summed E-state index contributed by atoms with van der Waals surface area (Å²) in [6.07, 6.45) is 2.68. The van der Waals surface area contributed by atoms with Crippen molar-refractivity contribution in [3.8, 4) is 0 Å². The maximum absolute atomic E-state index is 12.3. The summed E-state index contributed by atoms with van der Waals surface area (Å²) >= 11 is 0. The Balaban J connectivity index is 1.35. The third kappa shape index (κ3) is 5.73. The first-order valence-electron chi connectivity index (χ1n) is 9.61. The average molecular weight is 388 g/mol. The quantitative estimate of drug-likeness (QED) is 0.769. The summed E-state index contributed by atoms with van der Waals surface area (Å²) in [5.74, 6) is -0.0567. The van der Waals surface area contributed by atoms with Crippen molar-refractivity contribution in [3.05, 3.63) is 36.1 Å². The van der Waals surface area contributed by atoms with Gasteiger partial charge in [0.15, 0.2) is 0 Å². The summed E-state index contributed by atoms with van der Waals surface area (Å²) in [7, 11) is 0. The van der Waals surface area contributed by atoms with Crippen molar-refractivity contribution in [1.82, 2.24) is 10.2 Å². The number of alkyl carbamates (subject to hydrolysis) is 1. The molecule has 1 aliphatic heterocycles. The summed E-state index contributed by atoms with van der Waals surface area (Å²) in [6.45, 7) is 7.08. The highest BCUT2D eigenvalue weighted by atomic mass is 16.6. The summed E-state index contributed by atoms with van der Waals surface area (Å²) in [4.78, 5) is 25.9. The fourth-order valence-electron chi connectivity index (χ4n) is 3.19. The van der Waals surface area contributed by atoms with E-state index in [2.05, 4.69) is 11.4 Å². The topological polar surface area (TPSA) is 81.0 Å². The standard InChI is InChI=1S/C21H28N2O5/c1-21(2,3)28-20(25)22-17-6-9-23(13-17)19(24)14-26-10-7-15-4-5-18-16(12-15)8-11-27-18/h4-5,8,11-12,17H,6-7,9-10,13-14H2,1-3H3,(H,22,25). The number of nitrogens with zero attached hydrogens (tertiary/aromatic N) is 1. The maximum Gasteiger partial charge on any atom is 0.407 e. The van der Waals surface area contributed by atoms with Crippen LogP contribution in [0.15, 0.2) is 34.9 Å². The smallest absolute Gasteiger partial charge is 0.407 e. The van der Waals surface area contributed by atoms with Gasteiger partial charge in [-0.15, -0.1) is 0 Å². The number of hydrogen-bond donors (Lipinski definition) is 1. The zero-order chi connectivity index (χ0) is 20.1. The average Bonchev–Trinajstić information content (AvgIpc) is 3.25. The highest BCUT2D eigenvalue weighted by molar-refractivity contribution is 5.78. The lowest BCUT2D eigenvalue weighted by atomic mass is 10.1. The zero-order valence-corrected chi connectivity index (χ0v) is 16.7. The molecular formula is C21H28N2O5. The number of carbonyl (C=O) groups excluding carboxylic acids is 2. The van der Waals surface area contributed by atoms with Crippen LogP contribution in [0.4, 0.5) is 4.79 Å². The van der Waals surface area contributed by atoms with Gasteiger partial charge in [-0.3, -0.25) is 4.79 Å². The Hall–Kier alpha value is -2.54. The lowest BCUT2D eigenvalue weighted by molar-refractivity contribution is -0.135. The minimum Gasteiger partial charge on any atom is -0.464 e. The molecule has 1 unspecified atom stereocenters. The molecule has 1 fully saturated rings. The maximum atomic E-state index is 12.3. The Bertz CT molecular complexity index is 824. The molecule has 0 radical (unpaired) electrons. The van der Waals surface area contributed by atoms with E-state index >= 15 is 0 Å². The van der Waals surface area contributed by atoms with E-state index in [1.54, 1.807) is 11.2 Å². The van der Waals surface area contributed by atoms with E-state index in [1.165, 1.54) is 0 Å². The normalized spacial score (nSPS) is 17.1. The van der Waals surface area contributed by atoms with Gasteiger partial charge in [0, 0.05) is 18.5 Å². The van der Waals surface area contributed by atoms with Crippen LogP contribution in [0.1, 0.15) is 32.8 Å². The number of likely N-dealkylation sites (tertiary alicyclic amines) is 1. The van der Waals surface area contributed by atoms with E-state index in [0.29, 0.717) is 19.7 Å². The molecule has 1 aromatic carbocycles. The molecule has 1 aliphatic rings.